The van der Waals surface area contributed by atoms with Crippen molar-refractivity contribution in [3.8, 4) is 5.75 Å². The van der Waals surface area contributed by atoms with Crippen molar-refractivity contribution in [3.05, 3.63) is 64.7 Å². The fourth-order valence-corrected chi connectivity index (χ4v) is 8.22. The highest BCUT2D eigenvalue weighted by molar-refractivity contribution is 7.90. The number of carbonyl (C=O) groups is 1. The molecule has 8 nitrogen and oxygen atoms in total. The smallest absolute Gasteiger partial charge is 0.264 e. The number of nitrogens with one attached hydrogen (secondary N) is 1. The highest BCUT2D eigenvalue weighted by Gasteiger charge is 2.44. The molecule has 2 aliphatic carbocycles. The number of ether oxygens (including phenoxy) is 1. The van der Waals surface area contributed by atoms with Crippen molar-refractivity contribution < 1.29 is 23.1 Å². The quantitative estimate of drug-likeness (QED) is 0.443. The van der Waals surface area contributed by atoms with E-state index < -0.39 is 28.1 Å². The summed E-state index contributed by atoms with van der Waals surface area (Å²) in [6.45, 7) is 3.88. The van der Waals surface area contributed by atoms with E-state index in [4.69, 9.17) is 16.3 Å². The summed E-state index contributed by atoms with van der Waals surface area (Å²) in [5.41, 5.74) is 2.88. The van der Waals surface area contributed by atoms with Crippen molar-refractivity contribution in [1.82, 2.24) is 9.62 Å². The summed E-state index contributed by atoms with van der Waals surface area (Å²) in [6, 6.07) is 10.3. The van der Waals surface area contributed by atoms with Gasteiger partial charge in [-0.05, 0) is 99.4 Å². The molecule has 220 valence electrons. The molecule has 41 heavy (non-hydrogen) atoms. The SMILES string of the molecule is C[C@H]1C(=O)NS(=O)(=O)c2ccc3c(c2)N(C[C@@H]2CC[C@H]2[C@@H](O)/C=C\CN1C)C[C@@]1(CCCc2cc(Cl)ccc21)CO3. The maximum Gasteiger partial charge on any atom is 0.264 e. The number of hydrogen-bond acceptors (Lipinski definition) is 7. The third-order valence-corrected chi connectivity index (χ3v) is 11.3. The van der Waals surface area contributed by atoms with Crippen molar-refractivity contribution >= 4 is 33.2 Å². The molecule has 2 N–H and O–H groups in total. The van der Waals surface area contributed by atoms with Crippen LogP contribution in [0.3, 0.4) is 0 Å². The molecule has 1 fully saturated rings. The average Bonchev–Trinajstić information content (AvgIpc) is 3.06. The zero-order valence-electron chi connectivity index (χ0n) is 23.6. The third kappa shape index (κ3) is 5.38. The average molecular weight is 600 g/mol. The number of carbonyl (C=O) groups excluding carboxylic acids is 1. The van der Waals surface area contributed by atoms with Gasteiger partial charge in [-0.3, -0.25) is 9.69 Å². The summed E-state index contributed by atoms with van der Waals surface area (Å²) in [6.07, 6.45) is 7.94. The minimum absolute atomic E-state index is 0.0250. The predicted molar refractivity (Wildman–Crippen MR) is 159 cm³/mol. The van der Waals surface area contributed by atoms with Crippen LogP contribution in [0.2, 0.25) is 5.02 Å². The van der Waals surface area contributed by atoms with E-state index in [1.807, 2.05) is 18.2 Å². The molecule has 4 aliphatic rings. The number of nitrogens with zero attached hydrogens (tertiary/aromatic N) is 2. The van der Waals surface area contributed by atoms with Gasteiger partial charge in [-0.25, -0.2) is 13.1 Å². The van der Waals surface area contributed by atoms with Gasteiger partial charge >= 0.3 is 0 Å². The van der Waals surface area contributed by atoms with Crippen LogP contribution in [0.1, 0.15) is 43.7 Å². The standard InChI is InChI=1S/C31H38ClN3O5S/c1-20-30(37)33-41(38,39)24-9-12-29-27(16-24)35(17-22-7-10-25(22)28(36)6-4-14-34(20)2)18-31(19-40-29)13-3-5-21-15-23(32)8-11-26(21)31/h4,6,8-9,11-12,15-16,20,22,25,28,36H,3,5,7,10,13-14,17-19H2,1-2H3,(H,33,37)/b6-4-/t20-,22-,25+,28-,31-/m0/s1. The van der Waals surface area contributed by atoms with E-state index >= 15 is 0 Å². The van der Waals surface area contributed by atoms with Gasteiger partial charge in [-0.2, -0.15) is 0 Å². The number of fused-ring (bicyclic) bond motifs is 4. The highest BCUT2D eigenvalue weighted by Crippen LogP contribution is 2.47. The van der Waals surface area contributed by atoms with Gasteiger partial charge in [0, 0.05) is 30.1 Å². The minimum Gasteiger partial charge on any atom is -0.490 e. The van der Waals surface area contributed by atoms with Gasteiger partial charge in [0.1, 0.15) is 5.75 Å². The number of hydrogen-bond donors (Lipinski definition) is 2. The van der Waals surface area contributed by atoms with Crippen molar-refractivity contribution in [2.24, 2.45) is 11.8 Å². The van der Waals surface area contributed by atoms with E-state index in [1.165, 1.54) is 17.2 Å². The molecule has 1 amide bonds. The summed E-state index contributed by atoms with van der Waals surface area (Å²) >= 11 is 6.37. The predicted octanol–water partition coefficient (Wildman–Crippen LogP) is 3.90. The zero-order valence-corrected chi connectivity index (χ0v) is 25.1. The van der Waals surface area contributed by atoms with Gasteiger partial charge in [0.15, 0.2) is 0 Å². The topological polar surface area (TPSA) is 99.2 Å². The van der Waals surface area contributed by atoms with Gasteiger partial charge < -0.3 is 14.7 Å². The summed E-state index contributed by atoms with van der Waals surface area (Å²) in [7, 11) is -2.36. The normalized spacial score (nSPS) is 32.5. The van der Waals surface area contributed by atoms with E-state index in [1.54, 1.807) is 31.0 Å². The van der Waals surface area contributed by atoms with Crippen LogP contribution in [0.5, 0.6) is 5.75 Å². The summed E-state index contributed by atoms with van der Waals surface area (Å²) in [4.78, 5) is 17.0. The lowest BCUT2D eigenvalue weighted by molar-refractivity contribution is -0.123. The van der Waals surface area contributed by atoms with Crippen LogP contribution in [-0.2, 0) is 26.7 Å². The van der Waals surface area contributed by atoms with E-state index in [2.05, 4.69) is 21.8 Å². The molecular weight excluding hydrogens is 562 g/mol. The molecule has 2 aromatic rings. The number of aryl methyl sites for hydroxylation is 1. The Morgan fingerprint density at radius 1 is 1.17 bits per heavy atom. The fourth-order valence-electron chi connectivity index (χ4n) is 6.96. The molecule has 2 aliphatic heterocycles. The van der Waals surface area contributed by atoms with E-state index in [-0.39, 0.29) is 22.1 Å². The summed E-state index contributed by atoms with van der Waals surface area (Å²) in [5.74, 6) is 0.374. The molecule has 2 heterocycles. The number of anilines is 1. The molecule has 1 spiro atoms. The Hall–Kier alpha value is -2.59. The van der Waals surface area contributed by atoms with Crippen molar-refractivity contribution in [2.75, 3.05) is 38.2 Å². The van der Waals surface area contributed by atoms with Crippen molar-refractivity contribution in [2.45, 2.75) is 61.5 Å². The molecule has 5 atom stereocenters. The molecule has 1 saturated carbocycles. The second-order valence-corrected chi connectivity index (χ2v) is 14.4. The molecule has 0 saturated heterocycles. The second-order valence-electron chi connectivity index (χ2n) is 12.2. The number of halogens is 1. The molecule has 0 unspecified atom stereocenters. The summed E-state index contributed by atoms with van der Waals surface area (Å²) in [5, 5.41) is 11.8. The van der Waals surface area contributed by atoms with Crippen LogP contribution >= 0.6 is 11.6 Å². The number of aliphatic hydroxyl groups excluding tert-OH is 1. The van der Waals surface area contributed by atoms with E-state index in [9.17, 15) is 18.3 Å². The van der Waals surface area contributed by atoms with E-state index in [0.29, 0.717) is 37.7 Å². The van der Waals surface area contributed by atoms with Gasteiger partial charge in [-0.1, -0.05) is 29.8 Å². The largest absolute Gasteiger partial charge is 0.490 e. The monoisotopic (exact) mass is 599 g/mol. The number of aliphatic hydroxyl groups is 1. The molecule has 2 bridgehead atoms. The number of sulfonamides is 1. The molecule has 0 aromatic heterocycles. The maximum atomic E-state index is 13.4. The Balaban J connectivity index is 1.44. The number of rotatable bonds is 0. The first-order valence-corrected chi connectivity index (χ1v) is 16.3. The lowest BCUT2D eigenvalue weighted by Crippen LogP contribution is -2.49. The van der Waals surface area contributed by atoms with E-state index in [0.717, 1.165) is 37.1 Å². The second kappa shape index (κ2) is 10.9. The minimum atomic E-state index is -4.12. The van der Waals surface area contributed by atoms with Gasteiger partial charge in [-0.15, -0.1) is 0 Å². The van der Waals surface area contributed by atoms with Crippen LogP contribution < -0.4 is 14.4 Å². The Kier molecular flexibility index (Phi) is 7.59. The van der Waals surface area contributed by atoms with Gasteiger partial charge in [0.2, 0.25) is 0 Å². The van der Waals surface area contributed by atoms with Crippen molar-refractivity contribution in [3.63, 3.8) is 0 Å². The highest BCUT2D eigenvalue weighted by atomic mass is 35.5. The van der Waals surface area contributed by atoms with Gasteiger partial charge in [0.25, 0.3) is 15.9 Å². The molecule has 2 aromatic carbocycles. The Morgan fingerprint density at radius 2 is 2.00 bits per heavy atom. The number of amides is 1. The first-order valence-electron chi connectivity index (χ1n) is 14.5. The molecule has 6 rings (SSSR count). The first kappa shape index (κ1) is 28.5. The van der Waals surface area contributed by atoms with Gasteiger partial charge in [0.05, 0.1) is 29.3 Å². The molecule has 0 radical (unpaired) electrons. The first-order chi connectivity index (χ1) is 19.6. The Labute approximate surface area is 247 Å². The number of benzene rings is 2. The fraction of sp³-hybridized carbons (Fsp3) is 0.516. The van der Waals surface area contributed by atoms with Crippen molar-refractivity contribution in [1.29, 1.82) is 0 Å². The Bertz CT molecular complexity index is 1480. The Morgan fingerprint density at radius 3 is 2.78 bits per heavy atom. The maximum absolute atomic E-state index is 13.4. The van der Waals surface area contributed by atoms with Crippen LogP contribution in [-0.4, -0.2) is 69.8 Å². The lowest BCUT2D eigenvalue weighted by atomic mass is 9.68. The zero-order chi connectivity index (χ0) is 28.9. The van der Waals surface area contributed by atoms with Crippen LogP contribution in [0.25, 0.3) is 0 Å². The van der Waals surface area contributed by atoms with Crippen LogP contribution in [0, 0.1) is 11.8 Å². The molecular formula is C31H38ClN3O5S. The lowest BCUT2D eigenvalue weighted by Gasteiger charge is -2.45. The summed E-state index contributed by atoms with van der Waals surface area (Å²) < 4.78 is 35.6. The molecule has 10 heteroatoms. The third-order valence-electron chi connectivity index (χ3n) is 9.69. The van der Waals surface area contributed by atoms with Crippen LogP contribution in [0.15, 0.2) is 53.4 Å². The van der Waals surface area contributed by atoms with Crippen LogP contribution in [0.4, 0.5) is 5.69 Å². The number of likely N-dealkylation sites (N-methyl/N-ethyl adjacent to an activating group) is 1.